The summed E-state index contributed by atoms with van der Waals surface area (Å²) in [6.45, 7) is 3.42. The fourth-order valence-corrected chi connectivity index (χ4v) is 3.40. The van der Waals surface area contributed by atoms with Gasteiger partial charge in [-0.2, -0.15) is 0 Å². The van der Waals surface area contributed by atoms with Gasteiger partial charge in [-0.1, -0.05) is 48.5 Å². The number of nitrogens with one attached hydrogen (secondary N) is 1. The number of para-hydroxylation sites is 1. The fraction of sp³-hybridized carbons (Fsp3) is 0.381. The van der Waals surface area contributed by atoms with Crippen LogP contribution >= 0.6 is 0 Å². The highest BCUT2D eigenvalue weighted by atomic mass is 16.2. The van der Waals surface area contributed by atoms with Crippen molar-refractivity contribution in [3.63, 3.8) is 0 Å². The van der Waals surface area contributed by atoms with E-state index in [0.29, 0.717) is 12.6 Å². The molecule has 1 amide bonds. The number of amides is 1. The number of rotatable bonds is 5. The van der Waals surface area contributed by atoms with Crippen molar-refractivity contribution in [1.29, 1.82) is 0 Å². The van der Waals surface area contributed by atoms with Gasteiger partial charge in [-0.15, -0.1) is 0 Å². The Morgan fingerprint density at radius 1 is 1.08 bits per heavy atom. The van der Waals surface area contributed by atoms with E-state index >= 15 is 0 Å². The van der Waals surface area contributed by atoms with Crippen LogP contribution in [0.1, 0.15) is 37.3 Å². The smallest absolute Gasteiger partial charge is 0.242 e. The van der Waals surface area contributed by atoms with Gasteiger partial charge in [0.05, 0.1) is 6.54 Å². The van der Waals surface area contributed by atoms with Crippen LogP contribution in [0.4, 0.5) is 5.69 Å². The molecule has 2 aromatic rings. The molecule has 1 fully saturated rings. The van der Waals surface area contributed by atoms with Crippen LogP contribution in [0.25, 0.3) is 0 Å². The van der Waals surface area contributed by atoms with E-state index in [1.807, 2.05) is 17.0 Å². The number of likely N-dealkylation sites (tertiary alicyclic amines) is 1. The summed E-state index contributed by atoms with van der Waals surface area (Å²) in [5, 5.41) is 3.36. The minimum Gasteiger partial charge on any atom is -0.376 e. The molecule has 3 rings (SSSR count). The van der Waals surface area contributed by atoms with E-state index in [2.05, 4.69) is 54.7 Å². The van der Waals surface area contributed by atoms with E-state index < -0.39 is 0 Å². The van der Waals surface area contributed by atoms with E-state index in [-0.39, 0.29) is 5.91 Å². The van der Waals surface area contributed by atoms with Gasteiger partial charge in [0.1, 0.15) is 0 Å². The van der Waals surface area contributed by atoms with Gasteiger partial charge in [0.15, 0.2) is 0 Å². The molecule has 0 aliphatic carbocycles. The highest BCUT2D eigenvalue weighted by molar-refractivity contribution is 5.81. The van der Waals surface area contributed by atoms with Crippen LogP contribution in [0.5, 0.6) is 0 Å². The van der Waals surface area contributed by atoms with E-state index in [0.717, 1.165) is 31.5 Å². The maximum Gasteiger partial charge on any atom is 0.242 e. The third-order valence-corrected chi connectivity index (χ3v) is 4.81. The van der Waals surface area contributed by atoms with Crippen LogP contribution in [0.2, 0.25) is 0 Å². The highest BCUT2D eigenvalue weighted by Gasteiger charge is 2.22. The van der Waals surface area contributed by atoms with Crippen LogP contribution in [-0.2, 0) is 11.2 Å². The summed E-state index contributed by atoms with van der Waals surface area (Å²) in [5.41, 5.74) is 3.56. The van der Waals surface area contributed by atoms with Crippen molar-refractivity contribution >= 4 is 11.6 Å². The van der Waals surface area contributed by atoms with Gasteiger partial charge in [-0.25, -0.2) is 0 Å². The lowest BCUT2D eigenvalue weighted by Crippen LogP contribution is -2.44. The van der Waals surface area contributed by atoms with Crippen LogP contribution in [0, 0.1) is 0 Å². The van der Waals surface area contributed by atoms with Crippen molar-refractivity contribution in [1.82, 2.24) is 4.90 Å². The lowest BCUT2D eigenvalue weighted by molar-refractivity contribution is -0.132. The minimum absolute atomic E-state index is 0.205. The summed E-state index contributed by atoms with van der Waals surface area (Å²) in [6.07, 6.45) is 4.35. The molecule has 1 atom stereocenters. The molecular weight excluding hydrogens is 296 g/mol. The van der Waals surface area contributed by atoms with Gasteiger partial charge in [0, 0.05) is 18.3 Å². The van der Waals surface area contributed by atoms with Gasteiger partial charge >= 0.3 is 0 Å². The Labute approximate surface area is 144 Å². The molecule has 0 radical (unpaired) electrons. The molecule has 1 aliphatic rings. The SMILES string of the molecule is CC1CCCCN1C(=O)CNc1ccccc1Cc1ccccc1. The van der Waals surface area contributed by atoms with Gasteiger partial charge in [-0.05, 0) is 49.8 Å². The normalized spacial score (nSPS) is 17.5. The first-order chi connectivity index (χ1) is 11.7. The third-order valence-electron chi connectivity index (χ3n) is 4.81. The summed E-state index contributed by atoms with van der Waals surface area (Å²) >= 11 is 0. The number of hydrogen-bond acceptors (Lipinski definition) is 2. The zero-order valence-electron chi connectivity index (χ0n) is 14.4. The summed E-state index contributed by atoms with van der Waals surface area (Å²) in [7, 11) is 0. The summed E-state index contributed by atoms with van der Waals surface area (Å²) in [5.74, 6) is 0.205. The molecule has 1 saturated heterocycles. The number of anilines is 1. The maximum atomic E-state index is 12.5. The molecule has 0 aromatic heterocycles. The van der Waals surface area contributed by atoms with Crippen molar-refractivity contribution in [2.75, 3.05) is 18.4 Å². The lowest BCUT2D eigenvalue weighted by Gasteiger charge is -2.33. The number of piperidine rings is 1. The molecule has 2 aromatic carbocycles. The van der Waals surface area contributed by atoms with E-state index in [4.69, 9.17) is 0 Å². The molecule has 1 heterocycles. The van der Waals surface area contributed by atoms with Crippen molar-refractivity contribution in [3.05, 3.63) is 65.7 Å². The first kappa shape index (κ1) is 16.6. The second kappa shape index (κ2) is 8.00. The number of carbonyl (C=O) groups excluding carboxylic acids is 1. The zero-order chi connectivity index (χ0) is 16.8. The Balaban J connectivity index is 1.64. The van der Waals surface area contributed by atoms with Crippen LogP contribution in [0.3, 0.4) is 0 Å². The molecule has 24 heavy (non-hydrogen) atoms. The van der Waals surface area contributed by atoms with Crippen LogP contribution < -0.4 is 5.32 Å². The van der Waals surface area contributed by atoms with E-state index in [9.17, 15) is 4.79 Å². The van der Waals surface area contributed by atoms with Crippen molar-refractivity contribution in [3.8, 4) is 0 Å². The molecule has 3 heteroatoms. The molecule has 0 saturated carbocycles. The van der Waals surface area contributed by atoms with Gasteiger partial charge in [0.2, 0.25) is 5.91 Å². The molecular formula is C21H26N2O. The van der Waals surface area contributed by atoms with E-state index in [1.165, 1.54) is 17.5 Å². The zero-order valence-corrected chi connectivity index (χ0v) is 14.4. The average Bonchev–Trinajstić information content (AvgIpc) is 2.62. The predicted octanol–water partition coefficient (Wildman–Crippen LogP) is 4.09. The fourth-order valence-electron chi connectivity index (χ4n) is 3.40. The van der Waals surface area contributed by atoms with Crippen molar-refractivity contribution in [2.24, 2.45) is 0 Å². The molecule has 1 N–H and O–H groups in total. The van der Waals surface area contributed by atoms with Gasteiger partial charge in [0.25, 0.3) is 0 Å². The number of benzene rings is 2. The monoisotopic (exact) mass is 322 g/mol. The number of nitrogens with zero attached hydrogens (tertiary/aromatic N) is 1. The van der Waals surface area contributed by atoms with Gasteiger partial charge < -0.3 is 10.2 Å². The predicted molar refractivity (Wildman–Crippen MR) is 99.2 cm³/mol. The summed E-state index contributed by atoms with van der Waals surface area (Å²) < 4.78 is 0. The molecule has 1 unspecified atom stereocenters. The molecule has 0 bridgehead atoms. The van der Waals surface area contributed by atoms with E-state index in [1.54, 1.807) is 0 Å². The third kappa shape index (κ3) is 4.16. The standard InChI is InChI=1S/C21H26N2O/c1-17-9-7-8-14-23(17)21(24)16-22-20-13-6-5-12-19(20)15-18-10-3-2-4-11-18/h2-6,10-13,17,22H,7-9,14-16H2,1H3. The number of carbonyl (C=O) groups is 1. The first-order valence-corrected chi connectivity index (χ1v) is 8.89. The quantitative estimate of drug-likeness (QED) is 0.899. The minimum atomic E-state index is 0.205. The Morgan fingerprint density at radius 3 is 2.62 bits per heavy atom. The molecule has 0 spiro atoms. The largest absolute Gasteiger partial charge is 0.376 e. The second-order valence-corrected chi connectivity index (χ2v) is 6.61. The lowest BCUT2D eigenvalue weighted by atomic mass is 10.0. The highest BCUT2D eigenvalue weighted by Crippen LogP contribution is 2.20. The summed E-state index contributed by atoms with van der Waals surface area (Å²) in [4.78, 5) is 14.5. The second-order valence-electron chi connectivity index (χ2n) is 6.61. The van der Waals surface area contributed by atoms with Crippen molar-refractivity contribution < 1.29 is 4.79 Å². The Morgan fingerprint density at radius 2 is 1.83 bits per heavy atom. The molecule has 1 aliphatic heterocycles. The topological polar surface area (TPSA) is 32.3 Å². The Hall–Kier alpha value is -2.29. The first-order valence-electron chi connectivity index (χ1n) is 8.89. The Kier molecular flexibility index (Phi) is 5.52. The van der Waals surface area contributed by atoms with Crippen LogP contribution in [-0.4, -0.2) is 29.9 Å². The molecule has 126 valence electrons. The van der Waals surface area contributed by atoms with Crippen LogP contribution in [0.15, 0.2) is 54.6 Å². The summed E-state index contributed by atoms with van der Waals surface area (Å²) in [6, 6.07) is 19.1. The Bertz CT molecular complexity index is 669. The van der Waals surface area contributed by atoms with Gasteiger partial charge in [-0.3, -0.25) is 4.79 Å². The number of hydrogen-bond donors (Lipinski definition) is 1. The average molecular weight is 322 g/mol. The van der Waals surface area contributed by atoms with Crippen molar-refractivity contribution in [2.45, 2.75) is 38.6 Å². The molecule has 3 nitrogen and oxygen atoms in total. The maximum absolute atomic E-state index is 12.5.